The Labute approximate surface area is 121 Å². The van der Waals surface area contributed by atoms with Crippen LogP contribution in [0.15, 0.2) is 10.5 Å². The van der Waals surface area contributed by atoms with Gasteiger partial charge in [-0.25, -0.2) is 0 Å². The van der Waals surface area contributed by atoms with Gasteiger partial charge in [0.05, 0.1) is 12.6 Å². The topological polar surface area (TPSA) is 37.6 Å². The molecule has 4 heteroatoms. The fourth-order valence-electron chi connectivity index (χ4n) is 2.86. The predicted molar refractivity (Wildman–Crippen MR) is 78.6 cm³/mol. The van der Waals surface area contributed by atoms with Gasteiger partial charge in [-0.05, 0) is 45.7 Å². The minimum absolute atomic E-state index is 0.420. The van der Waals surface area contributed by atoms with Crippen LogP contribution >= 0.6 is 0 Å². The molecule has 1 aliphatic carbocycles. The van der Waals surface area contributed by atoms with Crippen molar-refractivity contribution in [3.8, 4) is 0 Å². The summed E-state index contributed by atoms with van der Waals surface area (Å²) in [4.78, 5) is 2.34. The van der Waals surface area contributed by atoms with Crippen LogP contribution in [0, 0.1) is 6.92 Å². The van der Waals surface area contributed by atoms with E-state index in [1.807, 2.05) is 0 Å². The van der Waals surface area contributed by atoms with Gasteiger partial charge in [0.2, 0.25) is 0 Å². The van der Waals surface area contributed by atoms with E-state index in [0.29, 0.717) is 6.10 Å². The summed E-state index contributed by atoms with van der Waals surface area (Å²) in [6, 6.07) is 2.93. The Morgan fingerprint density at radius 2 is 2.20 bits per heavy atom. The Morgan fingerprint density at radius 1 is 1.35 bits per heavy atom. The van der Waals surface area contributed by atoms with Gasteiger partial charge in [-0.1, -0.05) is 0 Å². The normalized spacial score (nSPS) is 22.9. The van der Waals surface area contributed by atoms with Crippen LogP contribution in [0.25, 0.3) is 0 Å². The molecule has 0 spiro atoms. The van der Waals surface area contributed by atoms with Gasteiger partial charge in [-0.15, -0.1) is 0 Å². The first kappa shape index (κ1) is 14.1. The lowest BCUT2D eigenvalue weighted by atomic mass is 10.2. The number of nitrogens with one attached hydrogen (secondary N) is 1. The van der Waals surface area contributed by atoms with Gasteiger partial charge >= 0.3 is 0 Å². The van der Waals surface area contributed by atoms with Crippen LogP contribution in [0.2, 0.25) is 0 Å². The molecule has 0 bridgehead atoms. The Kier molecular flexibility index (Phi) is 4.44. The summed E-state index contributed by atoms with van der Waals surface area (Å²) in [5.74, 6) is 2.12. The second kappa shape index (κ2) is 6.29. The molecule has 2 aliphatic rings. The van der Waals surface area contributed by atoms with Crippen LogP contribution in [-0.4, -0.2) is 37.2 Å². The molecule has 0 aromatic carbocycles. The van der Waals surface area contributed by atoms with Gasteiger partial charge in [0, 0.05) is 31.3 Å². The minimum Gasteiger partial charge on any atom is -0.465 e. The van der Waals surface area contributed by atoms with Crippen LogP contribution in [-0.2, 0) is 17.8 Å². The molecule has 1 saturated heterocycles. The van der Waals surface area contributed by atoms with Gasteiger partial charge in [-0.2, -0.15) is 0 Å². The number of ether oxygens (including phenoxy) is 1. The molecular weight excluding hydrogens is 252 g/mol. The third kappa shape index (κ3) is 3.84. The van der Waals surface area contributed by atoms with Gasteiger partial charge in [0.15, 0.2) is 0 Å². The Bertz CT molecular complexity index is 434. The standard InChI is InChI=1S/C16H26N2O2/c1-12-13(8-16(20-12)9-17-14-5-6-14)10-18(2)11-15-4-3-7-19-15/h8,14-15,17H,3-7,9-11H2,1-2H3. The van der Waals surface area contributed by atoms with Crippen LogP contribution in [0.1, 0.15) is 42.8 Å². The number of hydrogen-bond donors (Lipinski definition) is 1. The van der Waals surface area contributed by atoms with Crippen molar-refractivity contribution in [2.45, 2.75) is 57.8 Å². The summed E-state index contributed by atoms with van der Waals surface area (Å²) in [5.41, 5.74) is 1.30. The zero-order valence-electron chi connectivity index (χ0n) is 12.7. The lowest BCUT2D eigenvalue weighted by molar-refractivity contribution is 0.0792. The molecule has 0 radical (unpaired) electrons. The number of aryl methyl sites for hydroxylation is 1. The van der Waals surface area contributed by atoms with E-state index in [9.17, 15) is 0 Å². The van der Waals surface area contributed by atoms with Crippen molar-refractivity contribution in [3.63, 3.8) is 0 Å². The molecule has 2 fully saturated rings. The molecule has 112 valence electrons. The minimum atomic E-state index is 0.420. The smallest absolute Gasteiger partial charge is 0.118 e. The molecule has 1 aromatic rings. The molecular formula is C16H26N2O2. The lowest BCUT2D eigenvalue weighted by Crippen LogP contribution is -2.28. The summed E-state index contributed by atoms with van der Waals surface area (Å²) in [6.07, 6.45) is 5.46. The first-order valence-corrected chi connectivity index (χ1v) is 7.82. The van der Waals surface area contributed by atoms with Gasteiger partial charge < -0.3 is 14.5 Å². The Balaban J connectivity index is 1.49. The van der Waals surface area contributed by atoms with Crippen LogP contribution in [0.5, 0.6) is 0 Å². The highest BCUT2D eigenvalue weighted by Crippen LogP contribution is 2.21. The lowest BCUT2D eigenvalue weighted by Gasteiger charge is -2.19. The van der Waals surface area contributed by atoms with E-state index in [0.717, 1.165) is 43.8 Å². The second-order valence-corrected chi connectivity index (χ2v) is 6.28. The van der Waals surface area contributed by atoms with Crippen molar-refractivity contribution < 1.29 is 9.15 Å². The number of furan rings is 1. The highest BCUT2D eigenvalue weighted by Gasteiger charge is 2.21. The number of likely N-dealkylation sites (N-methyl/N-ethyl adjacent to an activating group) is 1. The van der Waals surface area contributed by atoms with Crippen LogP contribution in [0.3, 0.4) is 0 Å². The van der Waals surface area contributed by atoms with Crippen molar-refractivity contribution in [1.82, 2.24) is 10.2 Å². The molecule has 1 N–H and O–H groups in total. The van der Waals surface area contributed by atoms with E-state index >= 15 is 0 Å². The molecule has 1 aliphatic heterocycles. The highest BCUT2D eigenvalue weighted by molar-refractivity contribution is 5.20. The summed E-state index contributed by atoms with van der Waals surface area (Å²) in [7, 11) is 2.16. The van der Waals surface area contributed by atoms with Crippen molar-refractivity contribution in [2.75, 3.05) is 20.2 Å². The van der Waals surface area contributed by atoms with Crippen molar-refractivity contribution in [3.05, 3.63) is 23.2 Å². The molecule has 1 saturated carbocycles. The summed E-state index contributed by atoms with van der Waals surface area (Å²) >= 11 is 0. The average molecular weight is 278 g/mol. The van der Waals surface area contributed by atoms with Crippen LogP contribution in [0.4, 0.5) is 0 Å². The molecule has 2 heterocycles. The highest BCUT2D eigenvalue weighted by atomic mass is 16.5. The summed E-state index contributed by atoms with van der Waals surface area (Å²) < 4.78 is 11.5. The molecule has 3 rings (SSSR count). The SMILES string of the molecule is Cc1oc(CNC2CC2)cc1CN(C)CC1CCCO1. The van der Waals surface area contributed by atoms with Gasteiger partial charge in [0.25, 0.3) is 0 Å². The first-order chi connectivity index (χ1) is 9.70. The molecule has 20 heavy (non-hydrogen) atoms. The molecule has 4 nitrogen and oxygen atoms in total. The molecule has 1 unspecified atom stereocenters. The predicted octanol–water partition coefficient (Wildman–Crippen LogP) is 2.45. The third-order valence-electron chi connectivity index (χ3n) is 4.19. The molecule has 0 amide bonds. The van der Waals surface area contributed by atoms with E-state index < -0.39 is 0 Å². The zero-order chi connectivity index (χ0) is 13.9. The number of nitrogens with zero attached hydrogens (tertiary/aromatic N) is 1. The largest absolute Gasteiger partial charge is 0.465 e. The quantitative estimate of drug-likeness (QED) is 0.831. The Morgan fingerprint density at radius 3 is 2.90 bits per heavy atom. The van der Waals surface area contributed by atoms with E-state index in [-0.39, 0.29) is 0 Å². The van der Waals surface area contributed by atoms with Crippen molar-refractivity contribution in [1.29, 1.82) is 0 Å². The fourth-order valence-corrected chi connectivity index (χ4v) is 2.86. The average Bonchev–Trinajstić information content (AvgIpc) is 2.99. The van der Waals surface area contributed by atoms with E-state index in [2.05, 4.69) is 30.3 Å². The first-order valence-electron chi connectivity index (χ1n) is 7.82. The maximum absolute atomic E-state index is 5.84. The van der Waals surface area contributed by atoms with Gasteiger partial charge in [-0.3, -0.25) is 4.90 Å². The zero-order valence-corrected chi connectivity index (χ0v) is 12.7. The van der Waals surface area contributed by atoms with E-state index in [4.69, 9.17) is 9.15 Å². The molecule has 1 aromatic heterocycles. The summed E-state index contributed by atoms with van der Waals surface area (Å²) in [5, 5.41) is 3.50. The number of rotatable bonds is 7. The maximum atomic E-state index is 5.84. The third-order valence-corrected chi connectivity index (χ3v) is 4.19. The van der Waals surface area contributed by atoms with Crippen molar-refractivity contribution in [2.24, 2.45) is 0 Å². The van der Waals surface area contributed by atoms with E-state index in [1.165, 1.54) is 31.2 Å². The second-order valence-electron chi connectivity index (χ2n) is 6.28. The molecule has 1 atom stereocenters. The Hall–Kier alpha value is -0.840. The van der Waals surface area contributed by atoms with Crippen molar-refractivity contribution >= 4 is 0 Å². The fraction of sp³-hybridized carbons (Fsp3) is 0.750. The maximum Gasteiger partial charge on any atom is 0.118 e. The van der Waals surface area contributed by atoms with Gasteiger partial charge in [0.1, 0.15) is 11.5 Å². The van der Waals surface area contributed by atoms with Crippen LogP contribution < -0.4 is 5.32 Å². The van der Waals surface area contributed by atoms with E-state index in [1.54, 1.807) is 0 Å². The number of hydrogen-bond acceptors (Lipinski definition) is 4. The summed E-state index contributed by atoms with van der Waals surface area (Å²) in [6.45, 7) is 5.82. The monoisotopic (exact) mass is 278 g/mol.